The van der Waals surface area contributed by atoms with E-state index in [1.165, 1.54) is 0 Å². The van der Waals surface area contributed by atoms with Crippen LogP contribution in [0.2, 0.25) is 0 Å². The molecular formula is C15H20BN3O4. The first-order valence-electron chi connectivity index (χ1n) is 7.62. The lowest BCUT2D eigenvalue weighted by Gasteiger charge is -2.32. The molecule has 1 aliphatic rings. The normalized spacial score (nSPS) is 19.3. The molecule has 0 saturated carbocycles. The van der Waals surface area contributed by atoms with Crippen LogP contribution in [0.15, 0.2) is 12.1 Å². The number of esters is 1. The minimum absolute atomic E-state index is 0.307. The van der Waals surface area contributed by atoms with Gasteiger partial charge in [0.05, 0.1) is 23.4 Å². The zero-order valence-corrected chi connectivity index (χ0v) is 14.0. The van der Waals surface area contributed by atoms with Gasteiger partial charge in [-0.15, -0.1) is 0 Å². The summed E-state index contributed by atoms with van der Waals surface area (Å²) < 4.78 is 17.2. The number of carbonyl (C=O) groups is 1. The molecule has 2 heterocycles. The third kappa shape index (κ3) is 2.62. The summed E-state index contributed by atoms with van der Waals surface area (Å²) in [6, 6.07) is 3.34. The molecule has 7 nitrogen and oxygen atoms in total. The second-order valence-electron chi connectivity index (χ2n) is 6.57. The fourth-order valence-electron chi connectivity index (χ4n) is 2.46. The monoisotopic (exact) mass is 317 g/mol. The Bertz CT molecular complexity index is 740. The molecule has 0 aliphatic carbocycles. The minimum Gasteiger partial charge on any atom is -0.462 e. The van der Waals surface area contributed by atoms with E-state index in [1.807, 2.05) is 27.7 Å². The van der Waals surface area contributed by atoms with Crippen LogP contribution in [0.1, 0.15) is 45.0 Å². The van der Waals surface area contributed by atoms with Crippen LogP contribution in [-0.2, 0) is 14.0 Å². The number of ether oxygens (including phenoxy) is 1. The Morgan fingerprint density at radius 1 is 1.22 bits per heavy atom. The van der Waals surface area contributed by atoms with E-state index in [2.05, 4.69) is 15.4 Å². The number of nitrogens with zero attached hydrogens (tertiary/aromatic N) is 2. The largest absolute Gasteiger partial charge is 0.497 e. The molecule has 0 radical (unpaired) electrons. The Balaban J connectivity index is 2.07. The van der Waals surface area contributed by atoms with Crippen LogP contribution in [0.25, 0.3) is 11.0 Å². The molecule has 23 heavy (non-hydrogen) atoms. The van der Waals surface area contributed by atoms with Gasteiger partial charge in [0, 0.05) is 5.46 Å². The van der Waals surface area contributed by atoms with E-state index >= 15 is 0 Å². The average molecular weight is 317 g/mol. The predicted octanol–water partition coefficient (Wildman–Crippen LogP) is 1.43. The van der Waals surface area contributed by atoms with Crippen molar-refractivity contribution in [1.82, 2.24) is 15.4 Å². The van der Waals surface area contributed by atoms with Crippen molar-refractivity contribution in [2.75, 3.05) is 6.61 Å². The Labute approximate surface area is 134 Å². The van der Waals surface area contributed by atoms with Crippen LogP contribution in [0.4, 0.5) is 0 Å². The van der Waals surface area contributed by atoms with Crippen molar-refractivity contribution in [3.05, 3.63) is 17.7 Å². The first kappa shape index (κ1) is 16.0. The molecule has 1 fully saturated rings. The van der Waals surface area contributed by atoms with Crippen LogP contribution in [0.3, 0.4) is 0 Å². The topological polar surface area (TPSA) is 86.3 Å². The number of aromatic amines is 1. The van der Waals surface area contributed by atoms with Gasteiger partial charge in [0.1, 0.15) is 11.0 Å². The molecule has 1 N–H and O–H groups in total. The number of aromatic nitrogens is 3. The maximum absolute atomic E-state index is 12.1. The van der Waals surface area contributed by atoms with Crippen LogP contribution in [0.5, 0.6) is 0 Å². The maximum Gasteiger partial charge on any atom is 0.497 e. The Hall–Kier alpha value is -1.93. The van der Waals surface area contributed by atoms with E-state index in [0.717, 1.165) is 0 Å². The van der Waals surface area contributed by atoms with Gasteiger partial charge in [-0.25, -0.2) is 4.79 Å². The lowest BCUT2D eigenvalue weighted by atomic mass is 9.77. The summed E-state index contributed by atoms with van der Waals surface area (Å²) in [5.74, 6) is -0.407. The third-order valence-electron chi connectivity index (χ3n) is 4.47. The Morgan fingerprint density at radius 3 is 2.48 bits per heavy atom. The summed E-state index contributed by atoms with van der Waals surface area (Å²) in [4.78, 5) is 12.1. The van der Waals surface area contributed by atoms with Crippen molar-refractivity contribution < 1.29 is 18.8 Å². The number of hydrogen-bond acceptors (Lipinski definition) is 6. The van der Waals surface area contributed by atoms with Gasteiger partial charge < -0.3 is 14.0 Å². The second-order valence-corrected chi connectivity index (χ2v) is 6.57. The van der Waals surface area contributed by atoms with E-state index in [4.69, 9.17) is 14.0 Å². The standard InChI is InChI=1S/C15H20BN3O4/c1-6-21-13(20)9-7-10(12-11(8-9)17-19-18-12)16-22-14(2,3)15(4,5)23-16/h7-8H,6H2,1-5H3,(H,17,18,19). The molecule has 0 amide bonds. The van der Waals surface area contributed by atoms with Gasteiger partial charge >= 0.3 is 13.1 Å². The SMILES string of the molecule is CCOC(=O)c1cc(B2OC(C)(C)C(C)(C)O2)c2n[nH]nc2c1. The number of benzene rings is 1. The molecule has 1 saturated heterocycles. The molecule has 2 aromatic rings. The average Bonchev–Trinajstić information content (AvgIpc) is 3.00. The fourth-order valence-corrected chi connectivity index (χ4v) is 2.46. The van der Waals surface area contributed by atoms with Gasteiger partial charge in [0.15, 0.2) is 0 Å². The summed E-state index contributed by atoms with van der Waals surface area (Å²) in [5.41, 5.74) is 1.30. The third-order valence-corrected chi connectivity index (χ3v) is 4.47. The van der Waals surface area contributed by atoms with Gasteiger partial charge in [0.2, 0.25) is 0 Å². The molecule has 0 atom stereocenters. The van der Waals surface area contributed by atoms with E-state index in [-0.39, 0.29) is 0 Å². The number of carbonyl (C=O) groups excluding carboxylic acids is 1. The van der Waals surface area contributed by atoms with Crippen LogP contribution in [-0.4, -0.2) is 46.3 Å². The van der Waals surface area contributed by atoms with E-state index in [1.54, 1.807) is 19.1 Å². The molecule has 1 aromatic carbocycles. The number of hydrogen-bond donors (Lipinski definition) is 1. The van der Waals surface area contributed by atoms with Crippen LogP contribution in [0, 0.1) is 0 Å². The molecule has 122 valence electrons. The number of H-pyrrole nitrogens is 1. The lowest BCUT2D eigenvalue weighted by molar-refractivity contribution is 0.00578. The first-order chi connectivity index (χ1) is 10.7. The quantitative estimate of drug-likeness (QED) is 0.681. The van der Waals surface area contributed by atoms with E-state index in [0.29, 0.717) is 28.7 Å². The minimum atomic E-state index is -0.623. The molecule has 3 rings (SSSR count). The molecule has 8 heteroatoms. The molecule has 1 aromatic heterocycles. The second kappa shape index (κ2) is 5.31. The van der Waals surface area contributed by atoms with Crippen LogP contribution >= 0.6 is 0 Å². The van der Waals surface area contributed by atoms with Crippen molar-refractivity contribution in [1.29, 1.82) is 0 Å². The summed E-state index contributed by atoms with van der Waals surface area (Å²) in [7, 11) is -0.623. The van der Waals surface area contributed by atoms with Crippen molar-refractivity contribution in [2.45, 2.75) is 45.8 Å². The summed E-state index contributed by atoms with van der Waals surface area (Å²) in [6.07, 6.45) is 0. The number of fused-ring (bicyclic) bond motifs is 1. The number of nitrogens with one attached hydrogen (secondary N) is 1. The smallest absolute Gasteiger partial charge is 0.462 e. The summed E-state index contributed by atoms with van der Waals surface area (Å²) >= 11 is 0. The molecule has 0 unspecified atom stereocenters. The highest BCUT2D eigenvalue weighted by molar-refractivity contribution is 6.65. The number of rotatable bonds is 3. The lowest BCUT2D eigenvalue weighted by Crippen LogP contribution is -2.41. The van der Waals surface area contributed by atoms with Crippen molar-refractivity contribution in [3.63, 3.8) is 0 Å². The highest BCUT2D eigenvalue weighted by Crippen LogP contribution is 2.36. The fraction of sp³-hybridized carbons (Fsp3) is 0.533. The van der Waals surface area contributed by atoms with Gasteiger partial charge in [-0.3, -0.25) is 0 Å². The van der Waals surface area contributed by atoms with Gasteiger partial charge in [-0.1, -0.05) is 0 Å². The molecular weight excluding hydrogens is 297 g/mol. The molecule has 0 bridgehead atoms. The highest BCUT2D eigenvalue weighted by Gasteiger charge is 2.52. The van der Waals surface area contributed by atoms with Crippen molar-refractivity contribution in [2.24, 2.45) is 0 Å². The highest BCUT2D eigenvalue weighted by atomic mass is 16.7. The maximum atomic E-state index is 12.1. The zero-order valence-electron chi connectivity index (χ0n) is 14.0. The Morgan fingerprint density at radius 2 is 1.87 bits per heavy atom. The van der Waals surface area contributed by atoms with Crippen molar-refractivity contribution in [3.8, 4) is 0 Å². The summed E-state index contributed by atoms with van der Waals surface area (Å²) in [5, 5.41) is 10.8. The summed E-state index contributed by atoms with van der Waals surface area (Å²) in [6.45, 7) is 9.97. The first-order valence-corrected chi connectivity index (χ1v) is 7.62. The van der Waals surface area contributed by atoms with E-state index < -0.39 is 24.3 Å². The van der Waals surface area contributed by atoms with Gasteiger partial charge in [0.25, 0.3) is 0 Å². The molecule has 0 spiro atoms. The van der Waals surface area contributed by atoms with Crippen LogP contribution < -0.4 is 5.46 Å². The molecule has 1 aliphatic heterocycles. The van der Waals surface area contributed by atoms with Gasteiger partial charge in [-0.05, 0) is 46.8 Å². The van der Waals surface area contributed by atoms with Crippen molar-refractivity contribution >= 4 is 29.6 Å². The van der Waals surface area contributed by atoms with Gasteiger partial charge in [-0.2, -0.15) is 15.4 Å². The predicted molar refractivity (Wildman–Crippen MR) is 85.6 cm³/mol. The Kier molecular flexibility index (Phi) is 3.69. The van der Waals surface area contributed by atoms with E-state index in [9.17, 15) is 4.79 Å². The zero-order chi connectivity index (χ0) is 16.8.